The highest BCUT2D eigenvalue weighted by molar-refractivity contribution is 5.92. The number of aryl methyl sites for hydroxylation is 2. The molecule has 0 radical (unpaired) electrons. The zero-order chi connectivity index (χ0) is 21.0. The summed E-state index contributed by atoms with van der Waals surface area (Å²) in [5.74, 6) is 1.09. The highest BCUT2D eigenvalue weighted by Gasteiger charge is 2.22. The molecule has 1 aliphatic rings. The van der Waals surface area contributed by atoms with Crippen molar-refractivity contribution in [3.05, 3.63) is 46.8 Å². The third kappa shape index (κ3) is 5.25. The summed E-state index contributed by atoms with van der Waals surface area (Å²) < 4.78 is 0. The first-order valence-electron chi connectivity index (χ1n) is 10.5. The molecule has 0 spiro atoms. The fraction of sp³-hybridized carbons (Fsp3) is 0.522. The molecule has 6 nitrogen and oxygen atoms in total. The van der Waals surface area contributed by atoms with Gasteiger partial charge in [-0.25, -0.2) is 9.97 Å². The third-order valence-corrected chi connectivity index (χ3v) is 5.56. The van der Waals surface area contributed by atoms with E-state index in [9.17, 15) is 4.79 Å². The lowest BCUT2D eigenvalue weighted by atomic mass is 10.1. The molecular weight excluding hydrogens is 362 g/mol. The number of anilines is 2. The van der Waals surface area contributed by atoms with E-state index in [1.165, 1.54) is 16.8 Å². The lowest BCUT2D eigenvalue weighted by Crippen LogP contribution is -2.47. The minimum absolute atomic E-state index is 0.119. The molecule has 1 saturated heterocycles. The highest BCUT2D eigenvalue weighted by Crippen LogP contribution is 2.24. The van der Waals surface area contributed by atoms with Gasteiger partial charge in [-0.3, -0.25) is 4.79 Å². The van der Waals surface area contributed by atoms with Crippen molar-refractivity contribution in [1.82, 2.24) is 15.3 Å². The van der Waals surface area contributed by atoms with E-state index in [0.29, 0.717) is 24.1 Å². The molecule has 1 aromatic heterocycles. The summed E-state index contributed by atoms with van der Waals surface area (Å²) in [5, 5.41) is 2.97. The van der Waals surface area contributed by atoms with Crippen LogP contribution in [0.4, 0.5) is 11.6 Å². The SMILES string of the molecule is Cc1cc(C(=O)NCCC(C)C)nc(N2CCN(c3cccc(C)c3C)CC2)n1. The Labute approximate surface area is 174 Å². The molecule has 156 valence electrons. The smallest absolute Gasteiger partial charge is 0.270 e. The predicted octanol–water partition coefficient (Wildman–Crippen LogP) is 3.50. The number of amides is 1. The van der Waals surface area contributed by atoms with Crippen LogP contribution >= 0.6 is 0 Å². The monoisotopic (exact) mass is 395 g/mol. The van der Waals surface area contributed by atoms with Crippen LogP contribution in [0.1, 0.15) is 47.6 Å². The zero-order valence-corrected chi connectivity index (χ0v) is 18.3. The van der Waals surface area contributed by atoms with Gasteiger partial charge in [0, 0.05) is 44.1 Å². The van der Waals surface area contributed by atoms with Gasteiger partial charge in [-0.1, -0.05) is 26.0 Å². The Hall–Kier alpha value is -2.63. The van der Waals surface area contributed by atoms with Crippen molar-refractivity contribution in [1.29, 1.82) is 0 Å². The normalized spacial score (nSPS) is 14.4. The topological polar surface area (TPSA) is 61.4 Å². The molecule has 0 atom stereocenters. The van der Waals surface area contributed by atoms with Crippen LogP contribution in [-0.2, 0) is 0 Å². The Morgan fingerprint density at radius 1 is 1.07 bits per heavy atom. The second-order valence-electron chi connectivity index (χ2n) is 8.33. The van der Waals surface area contributed by atoms with Crippen molar-refractivity contribution in [3.8, 4) is 0 Å². The largest absolute Gasteiger partial charge is 0.368 e. The molecule has 0 aliphatic carbocycles. The standard InChI is InChI=1S/C23H33N5O/c1-16(2)9-10-24-22(29)20-15-18(4)25-23(26-20)28-13-11-27(12-14-28)21-8-6-7-17(3)19(21)5/h6-8,15-16H,9-14H2,1-5H3,(H,24,29). The minimum Gasteiger partial charge on any atom is -0.368 e. The summed E-state index contributed by atoms with van der Waals surface area (Å²) >= 11 is 0. The van der Waals surface area contributed by atoms with Gasteiger partial charge < -0.3 is 15.1 Å². The molecule has 6 heteroatoms. The molecule has 1 aliphatic heterocycles. The quantitative estimate of drug-likeness (QED) is 0.811. The fourth-order valence-electron chi connectivity index (χ4n) is 3.60. The number of carbonyl (C=O) groups excluding carboxylic acids is 1. The molecule has 1 N–H and O–H groups in total. The second kappa shape index (κ2) is 9.25. The van der Waals surface area contributed by atoms with Crippen molar-refractivity contribution in [2.45, 2.75) is 41.0 Å². The fourth-order valence-corrected chi connectivity index (χ4v) is 3.60. The van der Waals surface area contributed by atoms with Crippen LogP contribution in [0.3, 0.4) is 0 Å². The summed E-state index contributed by atoms with van der Waals surface area (Å²) in [7, 11) is 0. The van der Waals surface area contributed by atoms with E-state index in [2.05, 4.69) is 71.0 Å². The van der Waals surface area contributed by atoms with Gasteiger partial charge in [0.2, 0.25) is 5.95 Å². The Morgan fingerprint density at radius 2 is 1.76 bits per heavy atom. The molecule has 3 rings (SSSR count). The van der Waals surface area contributed by atoms with E-state index in [4.69, 9.17) is 0 Å². The summed E-state index contributed by atoms with van der Waals surface area (Å²) in [4.78, 5) is 26.3. The number of nitrogens with one attached hydrogen (secondary N) is 1. The Bertz CT molecular complexity index is 856. The van der Waals surface area contributed by atoms with Gasteiger partial charge in [-0.2, -0.15) is 0 Å². The third-order valence-electron chi connectivity index (χ3n) is 5.56. The number of benzene rings is 1. The predicted molar refractivity (Wildman–Crippen MR) is 119 cm³/mol. The second-order valence-corrected chi connectivity index (χ2v) is 8.33. The summed E-state index contributed by atoms with van der Waals surface area (Å²) in [6, 6.07) is 8.24. The molecule has 29 heavy (non-hydrogen) atoms. The van der Waals surface area contributed by atoms with Crippen molar-refractivity contribution in [2.24, 2.45) is 5.92 Å². The molecule has 1 fully saturated rings. The number of nitrogens with zero attached hydrogens (tertiary/aromatic N) is 4. The highest BCUT2D eigenvalue weighted by atomic mass is 16.1. The van der Waals surface area contributed by atoms with Gasteiger partial charge in [0.05, 0.1) is 0 Å². The lowest BCUT2D eigenvalue weighted by Gasteiger charge is -2.37. The van der Waals surface area contributed by atoms with Crippen LogP contribution in [0, 0.1) is 26.7 Å². The van der Waals surface area contributed by atoms with Crippen LogP contribution in [-0.4, -0.2) is 48.6 Å². The number of rotatable bonds is 6. The maximum Gasteiger partial charge on any atom is 0.270 e. The first-order chi connectivity index (χ1) is 13.8. The van der Waals surface area contributed by atoms with Crippen molar-refractivity contribution in [2.75, 3.05) is 42.5 Å². The average Bonchev–Trinajstić information content (AvgIpc) is 2.69. The number of piperazine rings is 1. The van der Waals surface area contributed by atoms with Gasteiger partial charge >= 0.3 is 0 Å². The van der Waals surface area contributed by atoms with Crippen molar-refractivity contribution >= 4 is 17.5 Å². The van der Waals surface area contributed by atoms with Gasteiger partial charge in [-0.05, 0) is 56.4 Å². The van der Waals surface area contributed by atoms with Crippen LogP contribution in [0.15, 0.2) is 24.3 Å². The molecule has 1 amide bonds. The zero-order valence-electron chi connectivity index (χ0n) is 18.3. The Balaban J connectivity index is 1.66. The van der Waals surface area contributed by atoms with E-state index < -0.39 is 0 Å². The van der Waals surface area contributed by atoms with Crippen molar-refractivity contribution in [3.63, 3.8) is 0 Å². The van der Waals surface area contributed by atoms with Gasteiger partial charge in [0.25, 0.3) is 5.91 Å². The molecule has 2 aromatic rings. The maximum atomic E-state index is 12.5. The Kier molecular flexibility index (Phi) is 6.72. The average molecular weight is 396 g/mol. The number of hydrogen-bond acceptors (Lipinski definition) is 5. The summed E-state index contributed by atoms with van der Waals surface area (Å²) in [5.41, 5.74) is 5.24. The van der Waals surface area contributed by atoms with Gasteiger partial charge in [-0.15, -0.1) is 0 Å². The lowest BCUT2D eigenvalue weighted by molar-refractivity contribution is 0.0947. The number of carbonyl (C=O) groups is 1. The number of hydrogen-bond donors (Lipinski definition) is 1. The molecule has 2 heterocycles. The van der Waals surface area contributed by atoms with Crippen LogP contribution in [0.5, 0.6) is 0 Å². The first-order valence-corrected chi connectivity index (χ1v) is 10.5. The van der Waals surface area contributed by atoms with Crippen LogP contribution in [0.2, 0.25) is 0 Å². The molecule has 0 unspecified atom stereocenters. The van der Waals surface area contributed by atoms with Crippen molar-refractivity contribution < 1.29 is 4.79 Å². The van der Waals surface area contributed by atoms with E-state index in [1.807, 2.05) is 6.92 Å². The van der Waals surface area contributed by atoms with E-state index in [0.717, 1.165) is 38.3 Å². The molecule has 0 bridgehead atoms. The van der Waals surface area contributed by atoms with E-state index in [-0.39, 0.29) is 5.91 Å². The van der Waals surface area contributed by atoms with Gasteiger partial charge in [0.15, 0.2) is 0 Å². The molecule has 0 saturated carbocycles. The maximum absolute atomic E-state index is 12.5. The Morgan fingerprint density at radius 3 is 2.45 bits per heavy atom. The first kappa shape index (κ1) is 21.1. The van der Waals surface area contributed by atoms with E-state index in [1.54, 1.807) is 6.07 Å². The molecule has 1 aromatic carbocycles. The molecular formula is C23H33N5O. The number of aromatic nitrogens is 2. The van der Waals surface area contributed by atoms with Crippen LogP contribution in [0.25, 0.3) is 0 Å². The van der Waals surface area contributed by atoms with Crippen LogP contribution < -0.4 is 15.1 Å². The minimum atomic E-state index is -0.119. The van der Waals surface area contributed by atoms with E-state index >= 15 is 0 Å². The van der Waals surface area contributed by atoms with Gasteiger partial charge in [0.1, 0.15) is 5.69 Å². The summed E-state index contributed by atoms with van der Waals surface area (Å²) in [6.07, 6.45) is 0.961. The summed E-state index contributed by atoms with van der Waals surface area (Å²) in [6.45, 7) is 14.7.